The first-order chi connectivity index (χ1) is 9.07. The number of carbonyl (C=O) groups excluding carboxylic acids is 1. The molecule has 0 aromatic rings. The molecule has 1 unspecified atom stereocenters. The van der Waals surface area contributed by atoms with Crippen LogP contribution in [0.3, 0.4) is 0 Å². The van der Waals surface area contributed by atoms with Gasteiger partial charge in [-0.2, -0.15) is 0 Å². The standard InChI is InChI=1S/C15H30N2O2/c1-5-11-17(12-13-7-9-16-10-8-13)14(18)15(3,6-2)19-4/h13,16H,5-12H2,1-4H3. The van der Waals surface area contributed by atoms with Crippen LogP contribution in [-0.2, 0) is 9.53 Å². The van der Waals surface area contributed by atoms with Crippen LogP contribution in [-0.4, -0.2) is 49.7 Å². The van der Waals surface area contributed by atoms with Crippen molar-refractivity contribution in [3.63, 3.8) is 0 Å². The molecule has 0 bridgehead atoms. The van der Waals surface area contributed by atoms with Crippen molar-refractivity contribution in [3.8, 4) is 0 Å². The zero-order chi connectivity index (χ0) is 14.3. The van der Waals surface area contributed by atoms with Gasteiger partial charge in [0.1, 0.15) is 5.60 Å². The summed E-state index contributed by atoms with van der Waals surface area (Å²) in [6.45, 7) is 9.91. The van der Waals surface area contributed by atoms with Crippen molar-refractivity contribution in [2.24, 2.45) is 5.92 Å². The monoisotopic (exact) mass is 270 g/mol. The van der Waals surface area contributed by atoms with Crippen LogP contribution in [0.4, 0.5) is 0 Å². The molecule has 4 heteroatoms. The lowest BCUT2D eigenvalue weighted by molar-refractivity contribution is -0.154. The summed E-state index contributed by atoms with van der Waals surface area (Å²) in [6.07, 6.45) is 4.06. The van der Waals surface area contributed by atoms with Gasteiger partial charge in [0.15, 0.2) is 0 Å². The third-order valence-electron chi connectivity index (χ3n) is 4.30. The van der Waals surface area contributed by atoms with Gasteiger partial charge in [0, 0.05) is 20.2 Å². The van der Waals surface area contributed by atoms with Gasteiger partial charge in [-0.15, -0.1) is 0 Å². The summed E-state index contributed by atoms with van der Waals surface area (Å²) in [5, 5.41) is 3.37. The Bertz CT molecular complexity index is 271. The number of ether oxygens (including phenoxy) is 1. The minimum absolute atomic E-state index is 0.151. The van der Waals surface area contributed by atoms with Crippen molar-refractivity contribution in [1.29, 1.82) is 0 Å². The number of methoxy groups -OCH3 is 1. The maximum atomic E-state index is 12.7. The molecule has 1 rings (SSSR count). The van der Waals surface area contributed by atoms with Gasteiger partial charge in [-0.1, -0.05) is 13.8 Å². The lowest BCUT2D eigenvalue weighted by Gasteiger charge is -2.36. The third-order valence-corrected chi connectivity index (χ3v) is 4.30. The molecule has 112 valence electrons. The number of hydrogen-bond donors (Lipinski definition) is 1. The summed E-state index contributed by atoms with van der Waals surface area (Å²) >= 11 is 0. The maximum Gasteiger partial charge on any atom is 0.254 e. The highest BCUT2D eigenvalue weighted by molar-refractivity contribution is 5.84. The molecule has 4 nitrogen and oxygen atoms in total. The van der Waals surface area contributed by atoms with E-state index in [-0.39, 0.29) is 5.91 Å². The second-order valence-corrected chi connectivity index (χ2v) is 5.73. The predicted molar refractivity (Wildman–Crippen MR) is 78.2 cm³/mol. The Morgan fingerprint density at radius 1 is 1.37 bits per heavy atom. The summed E-state index contributed by atoms with van der Waals surface area (Å²) in [4.78, 5) is 14.7. The van der Waals surface area contributed by atoms with Gasteiger partial charge < -0.3 is 15.0 Å². The van der Waals surface area contributed by atoms with Gasteiger partial charge in [0.25, 0.3) is 5.91 Å². The smallest absolute Gasteiger partial charge is 0.254 e. The lowest BCUT2D eigenvalue weighted by Crippen LogP contribution is -2.50. The minimum atomic E-state index is -0.665. The Kier molecular flexibility index (Phi) is 6.80. The highest BCUT2D eigenvalue weighted by Crippen LogP contribution is 2.21. The first-order valence-electron chi connectivity index (χ1n) is 7.62. The first kappa shape index (κ1) is 16.4. The van der Waals surface area contributed by atoms with Crippen LogP contribution in [0, 0.1) is 5.92 Å². The van der Waals surface area contributed by atoms with Crippen LogP contribution in [0.25, 0.3) is 0 Å². The van der Waals surface area contributed by atoms with Crippen LogP contribution < -0.4 is 5.32 Å². The average Bonchev–Trinajstić information content (AvgIpc) is 2.46. The van der Waals surface area contributed by atoms with Gasteiger partial charge in [-0.3, -0.25) is 4.79 Å². The van der Waals surface area contributed by atoms with E-state index in [1.54, 1.807) is 7.11 Å². The molecule has 0 aromatic heterocycles. The average molecular weight is 270 g/mol. The lowest BCUT2D eigenvalue weighted by atomic mass is 9.95. The second-order valence-electron chi connectivity index (χ2n) is 5.73. The molecule has 1 saturated heterocycles. The van der Waals surface area contributed by atoms with E-state index in [1.165, 1.54) is 12.8 Å². The van der Waals surface area contributed by atoms with E-state index >= 15 is 0 Å². The molecule has 1 aliphatic heterocycles. The number of carbonyl (C=O) groups is 1. The molecule has 0 radical (unpaired) electrons. The van der Waals surface area contributed by atoms with Gasteiger partial charge in [-0.25, -0.2) is 0 Å². The second kappa shape index (κ2) is 7.85. The molecule has 0 saturated carbocycles. The van der Waals surface area contributed by atoms with E-state index in [1.807, 2.05) is 18.7 Å². The van der Waals surface area contributed by atoms with Gasteiger partial charge >= 0.3 is 0 Å². The SMILES string of the molecule is CCCN(CC1CCNCC1)C(=O)C(C)(CC)OC. The molecule has 1 atom stereocenters. The number of amides is 1. The minimum Gasteiger partial charge on any atom is -0.369 e. The fourth-order valence-corrected chi connectivity index (χ4v) is 2.64. The molecule has 1 aliphatic rings. The number of nitrogens with zero attached hydrogens (tertiary/aromatic N) is 1. The van der Waals surface area contributed by atoms with E-state index in [4.69, 9.17) is 4.74 Å². The quantitative estimate of drug-likeness (QED) is 0.770. The van der Waals surface area contributed by atoms with Crippen LogP contribution in [0.5, 0.6) is 0 Å². The summed E-state index contributed by atoms with van der Waals surface area (Å²) in [6, 6.07) is 0. The Morgan fingerprint density at radius 3 is 2.47 bits per heavy atom. The molecule has 1 heterocycles. The zero-order valence-corrected chi connectivity index (χ0v) is 13.0. The van der Waals surface area contributed by atoms with Crippen LogP contribution >= 0.6 is 0 Å². The van der Waals surface area contributed by atoms with Crippen molar-refractivity contribution in [3.05, 3.63) is 0 Å². The van der Waals surface area contributed by atoms with Crippen LogP contribution in [0.2, 0.25) is 0 Å². The Morgan fingerprint density at radius 2 is 2.00 bits per heavy atom. The van der Waals surface area contributed by atoms with Gasteiger partial charge in [-0.05, 0) is 51.6 Å². The van der Waals surface area contributed by atoms with Crippen molar-refractivity contribution in [2.75, 3.05) is 33.3 Å². The number of nitrogens with one attached hydrogen (secondary N) is 1. The fourth-order valence-electron chi connectivity index (χ4n) is 2.64. The molecule has 0 aliphatic carbocycles. The molecule has 0 spiro atoms. The highest BCUT2D eigenvalue weighted by Gasteiger charge is 2.35. The molecule has 1 fully saturated rings. The summed E-state index contributed by atoms with van der Waals surface area (Å²) in [7, 11) is 1.63. The first-order valence-corrected chi connectivity index (χ1v) is 7.62. The van der Waals surface area contributed by atoms with E-state index in [0.29, 0.717) is 5.92 Å². The molecular formula is C15H30N2O2. The van der Waals surface area contributed by atoms with E-state index in [0.717, 1.165) is 39.0 Å². The summed E-state index contributed by atoms with van der Waals surface area (Å²) in [5.41, 5.74) is -0.665. The van der Waals surface area contributed by atoms with Crippen molar-refractivity contribution < 1.29 is 9.53 Å². The number of rotatable bonds is 7. The Labute approximate surface area is 117 Å². The predicted octanol–water partition coefficient (Wildman–Crippen LogP) is 2.04. The van der Waals surface area contributed by atoms with E-state index in [9.17, 15) is 4.79 Å². The fraction of sp³-hybridized carbons (Fsp3) is 0.933. The van der Waals surface area contributed by atoms with Crippen molar-refractivity contribution in [2.45, 2.75) is 52.1 Å². The van der Waals surface area contributed by atoms with E-state index < -0.39 is 5.60 Å². The Balaban J connectivity index is 2.66. The summed E-state index contributed by atoms with van der Waals surface area (Å²) < 4.78 is 5.46. The number of piperidine rings is 1. The Hall–Kier alpha value is -0.610. The molecule has 1 N–H and O–H groups in total. The van der Waals surface area contributed by atoms with Crippen LogP contribution in [0.1, 0.15) is 46.5 Å². The van der Waals surface area contributed by atoms with Gasteiger partial charge in [0.2, 0.25) is 0 Å². The van der Waals surface area contributed by atoms with Crippen molar-refractivity contribution >= 4 is 5.91 Å². The van der Waals surface area contributed by atoms with Crippen LogP contribution in [0.15, 0.2) is 0 Å². The molecule has 0 aromatic carbocycles. The molecule has 19 heavy (non-hydrogen) atoms. The van der Waals surface area contributed by atoms with Gasteiger partial charge in [0.05, 0.1) is 0 Å². The largest absolute Gasteiger partial charge is 0.369 e. The topological polar surface area (TPSA) is 41.6 Å². The summed E-state index contributed by atoms with van der Waals surface area (Å²) in [5.74, 6) is 0.785. The number of hydrogen-bond acceptors (Lipinski definition) is 3. The highest BCUT2D eigenvalue weighted by atomic mass is 16.5. The van der Waals surface area contributed by atoms with Crippen molar-refractivity contribution in [1.82, 2.24) is 10.2 Å². The third kappa shape index (κ3) is 4.46. The normalized spacial score (nSPS) is 20.0. The zero-order valence-electron chi connectivity index (χ0n) is 13.0. The van der Waals surface area contributed by atoms with E-state index in [2.05, 4.69) is 12.2 Å². The molecular weight excluding hydrogens is 240 g/mol. The molecule has 1 amide bonds. The maximum absolute atomic E-state index is 12.7.